The average molecular weight is 329 g/mol. The number of benzene rings is 2. The van der Waals surface area contributed by atoms with E-state index in [1.54, 1.807) is 12.1 Å². The molecular weight excluding hydrogens is 310 g/mol. The summed E-state index contributed by atoms with van der Waals surface area (Å²) in [6.45, 7) is 5.97. The first-order valence-corrected chi connectivity index (χ1v) is 8.00. The molecule has 1 aromatic heterocycles. The van der Waals surface area contributed by atoms with Gasteiger partial charge in [-0.05, 0) is 56.2 Å². The quantitative estimate of drug-likeness (QED) is 0.722. The molecule has 25 heavy (non-hydrogen) atoms. The first kappa shape index (κ1) is 16.5. The number of hydrogen-bond acceptors (Lipinski definition) is 5. The van der Waals surface area contributed by atoms with Gasteiger partial charge in [-0.25, -0.2) is 9.97 Å². The van der Waals surface area contributed by atoms with E-state index in [-0.39, 0.29) is 0 Å². The Morgan fingerprint density at radius 2 is 1.64 bits per heavy atom. The van der Waals surface area contributed by atoms with Gasteiger partial charge >= 0.3 is 0 Å². The molecule has 1 heterocycles. The molecule has 3 rings (SSSR count). The van der Waals surface area contributed by atoms with E-state index in [0.29, 0.717) is 17.2 Å². The third-order valence-corrected chi connectivity index (χ3v) is 3.76. The maximum atomic E-state index is 9.02. The van der Waals surface area contributed by atoms with Gasteiger partial charge in [0.05, 0.1) is 11.6 Å². The van der Waals surface area contributed by atoms with Gasteiger partial charge in [-0.15, -0.1) is 0 Å². The summed E-state index contributed by atoms with van der Waals surface area (Å²) < 4.78 is 0. The van der Waals surface area contributed by atoms with E-state index in [9.17, 15) is 0 Å². The van der Waals surface area contributed by atoms with E-state index in [2.05, 4.69) is 58.7 Å². The predicted octanol–water partition coefficient (Wildman–Crippen LogP) is 4.76. The van der Waals surface area contributed by atoms with Crippen LogP contribution in [0.4, 0.5) is 23.0 Å². The Bertz CT molecular complexity index is 957. The maximum Gasteiger partial charge on any atom is 0.136 e. The van der Waals surface area contributed by atoms with Crippen molar-refractivity contribution >= 4 is 23.0 Å². The normalized spacial score (nSPS) is 10.2. The van der Waals surface area contributed by atoms with Crippen molar-refractivity contribution in [2.45, 2.75) is 20.8 Å². The van der Waals surface area contributed by atoms with Crippen molar-refractivity contribution in [3.63, 3.8) is 0 Å². The number of nitriles is 1. The highest BCUT2D eigenvalue weighted by atomic mass is 15.1. The average Bonchev–Trinajstić information content (AvgIpc) is 2.58. The Kier molecular flexibility index (Phi) is 4.62. The van der Waals surface area contributed by atoms with Crippen LogP contribution in [0.3, 0.4) is 0 Å². The monoisotopic (exact) mass is 329 g/mol. The van der Waals surface area contributed by atoms with Crippen molar-refractivity contribution in [1.29, 1.82) is 5.26 Å². The zero-order valence-corrected chi connectivity index (χ0v) is 14.5. The largest absolute Gasteiger partial charge is 0.340 e. The van der Waals surface area contributed by atoms with Crippen molar-refractivity contribution in [3.8, 4) is 6.07 Å². The Hall–Kier alpha value is -3.39. The second kappa shape index (κ2) is 7.02. The number of anilines is 4. The van der Waals surface area contributed by atoms with Crippen molar-refractivity contribution in [1.82, 2.24) is 9.97 Å². The first-order valence-electron chi connectivity index (χ1n) is 8.00. The van der Waals surface area contributed by atoms with Gasteiger partial charge in [-0.3, -0.25) is 0 Å². The van der Waals surface area contributed by atoms with Crippen LogP contribution < -0.4 is 10.6 Å². The summed E-state index contributed by atoms with van der Waals surface area (Å²) in [6.07, 6.45) is 0. The standard InChI is InChI=1S/C20H19N5/c1-13-7-8-14(2)18(9-13)25-20-11-19(22-15(3)23-20)24-17-6-4-5-16(10-17)12-21/h4-11H,1-3H3,(H2,22,23,24,25). The zero-order chi connectivity index (χ0) is 17.8. The van der Waals surface area contributed by atoms with Crippen LogP contribution in [0.1, 0.15) is 22.5 Å². The van der Waals surface area contributed by atoms with Crippen LogP contribution in [-0.2, 0) is 0 Å². The maximum absolute atomic E-state index is 9.02. The molecular formula is C20H19N5. The molecule has 2 aromatic carbocycles. The number of nitrogens with zero attached hydrogens (tertiary/aromatic N) is 3. The van der Waals surface area contributed by atoms with Gasteiger partial charge in [0.2, 0.25) is 0 Å². The van der Waals surface area contributed by atoms with Crippen molar-refractivity contribution in [2.75, 3.05) is 10.6 Å². The Labute approximate surface area is 147 Å². The predicted molar refractivity (Wildman–Crippen MR) is 100 cm³/mol. The van der Waals surface area contributed by atoms with Crippen LogP contribution in [0, 0.1) is 32.1 Å². The molecule has 0 fully saturated rings. The van der Waals surface area contributed by atoms with Gasteiger partial charge in [0, 0.05) is 17.4 Å². The van der Waals surface area contributed by atoms with E-state index in [4.69, 9.17) is 5.26 Å². The molecule has 0 saturated heterocycles. The molecule has 0 aliphatic heterocycles. The Morgan fingerprint density at radius 1 is 0.880 bits per heavy atom. The minimum atomic E-state index is 0.601. The van der Waals surface area contributed by atoms with Crippen molar-refractivity contribution < 1.29 is 0 Å². The molecule has 5 nitrogen and oxygen atoms in total. The molecule has 2 N–H and O–H groups in total. The van der Waals surface area contributed by atoms with Crippen LogP contribution in [0.25, 0.3) is 0 Å². The van der Waals surface area contributed by atoms with Crippen LogP contribution in [-0.4, -0.2) is 9.97 Å². The summed E-state index contributed by atoms with van der Waals surface area (Å²) in [7, 11) is 0. The molecule has 0 bridgehead atoms. The summed E-state index contributed by atoms with van der Waals surface area (Å²) in [5.74, 6) is 2.06. The second-order valence-electron chi connectivity index (χ2n) is 5.95. The summed E-state index contributed by atoms with van der Waals surface area (Å²) in [5.41, 5.74) is 4.78. The van der Waals surface area contributed by atoms with Gasteiger partial charge < -0.3 is 10.6 Å². The number of hydrogen-bond donors (Lipinski definition) is 2. The molecule has 0 radical (unpaired) electrons. The summed E-state index contributed by atoms with van der Waals surface area (Å²) >= 11 is 0. The van der Waals surface area contributed by atoms with E-state index in [1.807, 2.05) is 25.1 Å². The smallest absolute Gasteiger partial charge is 0.136 e. The Balaban J connectivity index is 1.87. The van der Waals surface area contributed by atoms with E-state index >= 15 is 0 Å². The highest BCUT2D eigenvalue weighted by Crippen LogP contribution is 2.23. The van der Waals surface area contributed by atoms with Crippen LogP contribution in [0.2, 0.25) is 0 Å². The number of rotatable bonds is 4. The fourth-order valence-corrected chi connectivity index (χ4v) is 2.52. The fraction of sp³-hybridized carbons (Fsp3) is 0.150. The summed E-state index contributed by atoms with van der Waals surface area (Å²) in [5, 5.41) is 15.6. The second-order valence-corrected chi connectivity index (χ2v) is 5.95. The van der Waals surface area contributed by atoms with Gasteiger partial charge in [-0.2, -0.15) is 5.26 Å². The molecule has 0 aliphatic carbocycles. The first-order chi connectivity index (χ1) is 12.0. The lowest BCUT2D eigenvalue weighted by Crippen LogP contribution is -2.02. The van der Waals surface area contributed by atoms with E-state index in [1.165, 1.54) is 5.56 Å². The van der Waals surface area contributed by atoms with Crippen molar-refractivity contribution in [3.05, 3.63) is 71.0 Å². The van der Waals surface area contributed by atoms with Gasteiger partial charge in [0.15, 0.2) is 0 Å². The number of aromatic nitrogens is 2. The minimum absolute atomic E-state index is 0.601. The summed E-state index contributed by atoms with van der Waals surface area (Å²) in [6, 6.07) is 17.5. The highest BCUT2D eigenvalue weighted by Gasteiger charge is 2.06. The Morgan fingerprint density at radius 3 is 2.40 bits per heavy atom. The zero-order valence-electron chi connectivity index (χ0n) is 14.5. The minimum Gasteiger partial charge on any atom is -0.340 e. The molecule has 0 amide bonds. The van der Waals surface area contributed by atoms with E-state index < -0.39 is 0 Å². The third kappa shape index (κ3) is 4.12. The summed E-state index contributed by atoms with van der Waals surface area (Å²) in [4.78, 5) is 8.88. The fourth-order valence-electron chi connectivity index (χ4n) is 2.52. The third-order valence-electron chi connectivity index (χ3n) is 3.76. The topological polar surface area (TPSA) is 73.6 Å². The SMILES string of the molecule is Cc1ccc(C)c(Nc2cc(Nc3cccc(C#N)c3)nc(C)n2)c1. The number of nitrogens with one attached hydrogen (secondary N) is 2. The molecule has 0 unspecified atom stereocenters. The molecule has 0 aliphatic rings. The molecule has 3 aromatic rings. The van der Waals surface area contributed by atoms with Gasteiger partial charge in [0.25, 0.3) is 0 Å². The molecule has 5 heteroatoms. The highest BCUT2D eigenvalue weighted by molar-refractivity contribution is 5.66. The lowest BCUT2D eigenvalue weighted by Gasteiger charge is -2.12. The van der Waals surface area contributed by atoms with Gasteiger partial charge in [-0.1, -0.05) is 18.2 Å². The molecule has 0 spiro atoms. The molecule has 124 valence electrons. The van der Waals surface area contributed by atoms with Crippen LogP contribution >= 0.6 is 0 Å². The van der Waals surface area contributed by atoms with Crippen molar-refractivity contribution in [2.24, 2.45) is 0 Å². The van der Waals surface area contributed by atoms with Crippen LogP contribution in [0.15, 0.2) is 48.5 Å². The number of aryl methyl sites for hydroxylation is 3. The molecule has 0 saturated carbocycles. The van der Waals surface area contributed by atoms with Crippen LogP contribution in [0.5, 0.6) is 0 Å². The lowest BCUT2D eigenvalue weighted by molar-refractivity contribution is 1.06. The lowest BCUT2D eigenvalue weighted by atomic mass is 10.1. The van der Waals surface area contributed by atoms with E-state index in [0.717, 1.165) is 22.8 Å². The van der Waals surface area contributed by atoms with Gasteiger partial charge in [0.1, 0.15) is 17.5 Å². The molecule has 0 atom stereocenters.